The summed E-state index contributed by atoms with van der Waals surface area (Å²) in [5, 5.41) is 9.38. The minimum Gasteiger partial charge on any atom is -0.387 e. The molecule has 0 saturated carbocycles. The first-order valence-electron chi connectivity index (χ1n) is 4.82. The fraction of sp³-hybridized carbons (Fsp3) is 0.182. The predicted octanol–water partition coefficient (Wildman–Crippen LogP) is 1.19. The summed E-state index contributed by atoms with van der Waals surface area (Å²) in [7, 11) is -3.71. The fourth-order valence-corrected chi connectivity index (χ4v) is 3.24. The van der Waals surface area contributed by atoms with Crippen LogP contribution in [-0.4, -0.2) is 30.7 Å². The zero-order valence-electron chi connectivity index (χ0n) is 8.58. The van der Waals surface area contributed by atoms with Crippen LogP contribution >= 0.6 is 11.6 Å². The van der Waals surface area contributed by atoms with Gasteiger partial charge in [0.2, 0.25) is 0 Å². The minimum atomic E-state index is -3.71. The number of aliphatic hydroxyl groups is 1. The molecular formula is C11H9ClO4S. The van der Waals surface area contributed by atoms with Crippen molar-refractivity contribution in [1.29, 1.82) is 0 Å². The number of aliphatic hydroxyl groups excluding tert-OH is 1. The van der Waals surface area contributed by atoms with Gasteiger partial charge < -0.3 is 5.11 Å². The van der Waals surface area contributed by atoms with Gasteiger partial charge in [-0.3, -0.25) is 4.79 Å². The van der Waals surface area contributed by atoms with E-state index in [0.29, 0.717) is 5.02 Å². The molecule has 0 aliphatic carbocycles. The molecule has 2 unspecified atom stereocenters. The van der Waals surface area contributed by atoms with Crippen LogP contribution < -0.4 is 0 Å². The number of halogens is 1. The zero-order chi connectivity index (χ0) is 12.6. The second-order valence-corrected chi connectivity index (χ2v) is 6.09. The highest BCUT2D eigenvalue weighted by atomic mass is 35.5. The lowest BCUT2D eigenvalue weighted by Gasteiger charge is -2.12. The summed E-state index contributed by atoms with van der Waals surface area (Å²) in [5.74, 6) is -0.626. The van der Waals surface area contributed by atoms with E-state index in [9.17, 15) is 18.3 Å². The standard InChI is InChI=1S/C11H9ClO4S/c12-8-3-1-7(2-4-8)10(14)11-9(13)5-6-17(11,15)16/h1-6,9,11,13H. The van der Waals surface area contributed by atoms with E-state index in [1.807, 2.05) is 0 Å². The summed E-state index contributed by atoms with van der Waals surface area (Å²) in [6.45, 7) is 0. The molecule has 1 aliphatic heterocycles. The van der Waals surface area contributed by atoms with Gasteiger partial charge in [0.05, 0.1) is 6.10 Å². The van der Waals surface area contributed by atoms with Crippen LogP contribution in [0.4, 0.5) is 0 Å². The van der Waals surface area contributed by atoms with Crippen LogP contribution in [0.3, 0.4) is 0 Å². The molecule has 1 heterocycles. The van der Waals surface area contributed by atoms with Gasteiger partial charge in [0.15, 0.2) is 20.9 Å². The number of carbonyl (C=O) groups excluding carboxylic acids is 1. The Morgan fingerprint density at radius 2 is 1.82 bits per heavy atom. The van der Waals surface area contributed by atoms with Crippen molar-refractivity contribution in [3.05, 3.63) is 46.3 Å². The van der Waals surface area contributed by atoms with Gasteiger partial charge in [-0.15, -0.1) is 0 Å². The van der Waals surface area contributed by atoms with E-state index in [2.05, 4.69) is 0 Å². The van der Waals surface area contributed by atoms with Gasteiger partial charge in [0.1, 0.15) is 0 Å². The van der Waals surface area contributed by atoms with Crippen molar-refractivity contribution in [2.24, 2.45) is 0 Å². The van der Waals surface area contributed by atoms with Crippen molar-refractivity contribution in [3.63, 3.8) is 0 Å². The van der Waals surface area contributed by atoms with Gasteiger partial charge >= 0.3 is 0 Å². The summed E-state index contributed by atoms with van der Waals surface area (Å²) in [6.07, 6.45) is -0.184. The van der Waals surface area contributed by atoms with Crippen LogP contribution in [0, 0.1) is 0 Å². The van der Waals surface area contributed by atoms with Crippen LogP contribution in [0.25, 0.3) is 0 Å². The third-order valence-corrected chi connectivity index (χ3v) is 4.51. The van der Waals surface area contributed by atoms with Crippen molar-refractivity contribution in [2.45, 2.75) is 11.4 Å². The van der Waals surface area contributed by atoms with Gasteiger partial charge in [-0.2, -0.15) is 0 Å². The van der Waals surface area contributed by atoms with Gasteiger partial charge in [0, 0.05) is 16.0 Å². The van der Waals surface area contributed by atoms with E-state index in [1.165, 1.54) is 24.3 Å². The van der Waals surface area contributed by atoms with Crippen molar-refractivity contribution >= 4 is 27.2 Å². The Morgan fingerprint density at radius 3 is 2.29 bits per heavy atom. The lowest BCUT2D eigenvalue weighted by atomic mass is 10.1. The third-order valence-electron chi connectivity index (χ3n) is 2.52. The van der Waals surface area contributed by atoms with E-state index >= 15 is 0 Å². The summed E-state index contributed by atoms with van der Waals surface area (Å²) < 4.78 is 23.1. The molecule has 1 aromatic carbocycles. The number of sulfone groups is 1. The number of hydrogen-bond donors (Lipinski definition) is 1. The molecule has 0 spiro atoms. The molecule has 2 atom stereocenters. The Labute approximate surface area is 103 Å². The number of carbonyl (C=O) groups is 1. The molecule has 0 fully saturated rings. The van der Waals surface area contributed by atoms with Crippen molar-refractivity contribution in [3.8, 4) is 0 Å². The Hall–Kier alpha value is -1.17. The third kappa shape index (κ3) is 2.26. The van der Waals surface area contributed by atoms with Crippen LogP contribution in [0.2, 0.25) is 5.02 Å². The molecule has 90 valence electrons. The Balaban J connectivity index is 2.36. The highest BCUT2D eigenvalue weighted by molar-refractivity contribution is 7.96. The Morgan fingerprint density at radius 1 is 1.24 bits per heavy atom. The SMILES string of the molecule is O=C(c1ccc(Cl)cc1)C1C(O)C=CS1(=O)=O. The van der Waals surface area contributed by atoms with Gasteiger partial charge in [-0.1, -0.05) is 11.6 Å². The number of Topliss-reactive ketones (excluding diaryl/α,β-unsaturated/α-hetero) is 1. The van der Waals surface area contributed by atoms with E-state index in [-0.39, 0.29) is 5.56 Å². The summed E-state index contributed by atoms with van der Waals surface area (Å²) >= 11 is 5.67. The predicted molar refractivity (Wildman–Crippen MR) is 63.6 cm³/mol. The first-order valence-corrected chi connectivity index (χ1v) is 6.80. The van der Waals surface area contributed by atoms with Crippen LogP contribution in [0.15, 0.2) is 35.7 Å². The zero-order valence-corrected chi connectivity index (χ0v) is 10.1. The average Bonchev–Trinajstić information content (AvgIpc) is 2.53. The quantitative estimate of drug-likeness (QED) is 0.821. The molecular weight excluding hydrogens is 264 g/mol. The highest BCUT2D eigenvalue weighted by Crippen LogP contribution is 2.23. The molecule has 2 rings (SSSR count). The number of benzene rings is 1. The second kappa shape index (κ2) is 4.25. The summed E-state index contributed by atoms with van der Waals surface area (Å²) in [5.41, 5.74) is 0.214. The van der Waals surface area contributed by atoms with Crippen LogP contribution in [-0.2, 0) is 9.84 Å². The molecule has 6 heteroatoms. The van der Waals surface area contributed by atoms with Crippen molar-refractivity contribution < 1.29 is 18.3 Å². The van der Waals surface area contributed by atoms with Crippen molar-refractivity contribution in [2.75, 3.05) is 0 Å². The maximum Gasteiger partial charge on any atom is 0.184 e. The summed E-state index contributed by atoms with van der Waals surface area (Å²) in [4.78, 5) is 12.0. The molecule has 1 N–H and O–H groups in total. The molecule has 1 aliphatic rings. The van der Waals surface area contributed by atoms with Crippen LogP contribution in [0.5, 0.6) is 0 Å². The topological polar surface area (TPSA) is 71.4 Å². The summed E-state index contributed by atoms with van der Waals surface area (Å²) in [6, 6.07) is 5.86. The molecule has 0 saturated heterocycles. The van der Waals surface area contributed by atoms with E-state index in [0.717, 1.165) is 11.5 Å². The Bertz CT molecular complexity index is 574. The van der Waals surface area contributed by atoms with Gasteiger partial charge in [-0.25, -0.2) is 8.42 Å². The lowest BCUT2D eigenvalue weighted by Crippen LogP contribution is -2.35. The molecule has 4 nitrogen and oxygen atoms in total. The first kappa shape index (κ1) is 12.3. The second-order valence-electron chi connectivity index (χ2n) is 3.70. The normalized spacial score (nSPS) is 26.0. The number of rotatable bonds is 2. The van der Waals surface area contributed by atoms with E-state index in [1.54, 1.807) is 0 Å². The highest BCUT2D eigenvalue weighted by Gasteiger charge is 2.40. The van der Waals surface area contributed by atoms with Gasteiger partial charge in [-0.05, 0) is 30.3 Å². The largest absolute Gasteiger partial charge is 0.387 e. The lowest BCUT2D eigenvalue weighted by molar-refractivity contribution is 0.0933. The molecule has 0 radical (unpaired) electrons. The fourth-order valence-electron chi connectivity index (χ4n) is 1.65. The average molecular weight is 273 g/mol. The maximum absolute atomic E-state index is 12.0. The number of hydrogen-bond acceptors (Lipinski definition) is 4. The molecule has 17 heavy (non-hydrogen) atoms. The Kier molecular flexibility index (Phi) is 3.07. The molecule has 0 aromatic heterocycles. The minimum absolute atomic E-state index is 0.214. The molecule has 0 amide bonds. The monoisotopic (exact) mass is 272 g/mol. The van der Waals surface area contributed by atoms with Crippen LogP contribution in [0.1, 0.15) is 10.4 Å². The smallest absolute Gasteiger partial charge is 0.184 e. The number of ketones is 1. The first-order chi connectivity index (χ1) is 7.92. The van der Waals surface area contributed by atoms with Gasteiger partial charge in [0.25, 0.3) is 0 Å². The van der Waals surface area contributed by atoms with E-state index in [4.69, 9.17) is 11.6 Å². The van der Waals surface area contributed by atoms with Crippen molar-refractivity contribution in [1.82, 2.24) is 0 Å². The molecule has 0 bridgehead atoms. The van der Waals surface area contributed by atoms with E-state index < -0.39 is 27.0 Å². The molecule has 1 aromatic rings. The maximum atomic E-state index is 12.0.